The smallest absolute Gasteiger partial charge is 0.387 e. The second kappa shape index (κ2) is 6.30. The van der Waals surface area contributed by atoms with Gasteiger partial charge in [0, 0.05) is 15.4 Å². The van der Waals surface area contributed by atoms with E-state index in [1.165, 1.54) is 19.2 Å². The Labute approximate surface area is 113 Å². The molecule has 1 aromatic rings. The summed E-state index contributed by atoms with van der Waals surface area (Å²) in [5.41, 5.74) is 0.637. The Morgan fingerprint density at radius 2 is 2.12 bits per heavy atom. The standard InChI is InChI=1S/C10H8Br2F2O3/c1-16-9(15)6-3-8(17-10(13)14)5(4-11)2-7(6)12/h2-3,10H,4H2,1H3. The first-order chi connectivity index (χ1) is 7.99. The number of carbonyl (C=O) groups is 1. The first-order valence-corrected chi connectivity index (χ1v) is 6.32. The van der Waals surface area contributed by atoms with Crippen LogP contribution in [0.1, 0.15) is 15.9 Å². The van der Waals surface area contributed by atoms with Crippen LogP contribution >= 0.6 is 31.9 Å². The molecule has 0 radical (unpaired) electrons. The highest BCUT2D eigenvalue weighted by Crippen LogP contribution is 2.30. The molecule has 3 nitrogen and oxygen atoms in total. The number of hydrogen-bond acceptors (Lipinski definition) is 3. The maximum atomic E-state index is 12.2. The van der Waals surface area contributed by atoms with Gasteiger partial charge in [0.05, 0.1) is 12.7 Å². The average molecular weight is 374 g/mol. The van der Waals surface area contributed by atoms with Crippen LogP contribution in [0.2, 0.25) is 0 Å². The van der Waals surface area contributed by atoms with Gasteiger partial charge in [0.1, 0.15) is 5.75 Å². The highest BCUT2D eigenvalue weighted by molar-refractivity contribution is 9.10. The van der Waals surface area contributed by atoms with Crippen LogP contribution in [0.5, 0.6) is 5.75 Å². The molecular weight excluding hydrogens is 366 g/mol. The second-order valence-electron chi connectivity index (χ2n) is 2.94. The van der Waals surface area contributed by atoms with Crippen LogP contribution in [0.25, 0.3) is 0 Å². The van der Waals surface area contributed by atoms with Gasteiger partial charge >= 0.3 is 12.6 Å². The monoisotopic (exact) mass is 372 g/mol. The van der Waals surface area contributed by atoms with Gasteiger partial charge in [0.15, 0.2) is 0 Å². The van der Waals surface area contributed by atoms with Gasteiger partial charge in [-0.3, -0.25) is 0 Å². The third kappa shape index (κ3) is 3.64. The fourth-order valence-corrected chi connectivity index (χ4v) is 2.16. The van der Waals surface area contributed by atoms with E-state index in [2.05, 4.69) is 41.3 Å². The van der Waals surface area contributed by atoms with E-state index in [1.807, 2.05) is 0 Å². The van der Waals surface area contributed by atoms with Gasteiger partial charge in [-0.05, 0) is 28.1 Å². The number of benzene rings is 1. The van der Waals surface area contributed by atoms with E-state index in [0.29, 0.717) is 15.4 Å². The van der Waals surface area contributed by atoms with Gasteiger partial charge in [-0.15, -0.1) is 0 Å². The molecule has 7 heteroatoms. The molecule has 0 unspecified atom stereocenters. The minimum Gasteiger partial charge on any atom is -0.465 e. The fourth-order valence-electron chi connectivity index (χ4n) is 1.17. The van der Waals surface area contributed by atoms with Crippen LogP contribution in [0.15, 0.2) is 16.6 Å². The van der Waals surface area contributed by atoms with Gasteiger partial charge < -0.3 is 9.47 Å². The lowest BCUT2D eigenvalue weighted by Crippen LogP contribution is -2.08. The molecule has 0 bridgehead atoms. The normalized spacial score (nSPS) is 10.5. The number of esters is 1. The molecule has 17 heavy (non-hydrogen) atoms. The number of ether oxygens (including phenoxy) is 2. The quantitative estimate of drug-likeness (QED) is 0.595. The zero-order chi connectivity index (χ0) is 13.0. The van der Waals surface area contributed by atoms with Gasteiger partial charge in [-0.2, -0.15) is 8.78 Å². The lowest BCUT2D eigenvalue weighted by atomic mass is 10.1. The topological polar surface area (TPSA) is 35.5 Å². The Bertz CT molecular complexity index is 424. The zero-order valence-electron chi connectivity index (χ0n) is 8.68. The fraction of sp³-hybridized carbons (Fsp3) is 0.300. The van der Waals surface area contributed by atoms with Crippen molar-refractivity contribution in [1.29, 1.82) is 0 Å². The molecule has 94 valence electrons. The van der Waals surface area contributed by atoms with Crippen LogP contribution < -0.4 is 4.74 Å². The van der Waals surface area contributed by atoms with Crippen molar-refractivity contribution in [3.05, 3.63) is 27.7 Å². The van der Waals surface area contributed by atoms with E-state index in [4.69, 9.17) is 0 Å². The summed E-state index contributed by atoms with van der Waals surface area (Å²) in [6, 6.07) is 2.75. The summed E-state index contributed by atoms with van der Waals surface area (Å²) >= 11 is 6.31. The van der Waals surface area contributed by atoms with Crippen molar-refractivity contribution in [1.82, 2.24) is 0 Å². The second-order valence-corrected chi connectivity index (χ2v) is 4.36. The van der Waals surface area contributed by atoms with Crippen LogP contribution in [0.4, 0.5) is 8.78 Å². The molecule has 0 aliphatic rings. The van der Waals surface area contributed by atoms with Crippen molar-refractivity contribution in [2.24, 2.45) is 0 Å². The van der Waals surface area contributed by atoms with E-state index in [0.717, 1.165) is 0 Å². The third-order valence-corrected chi connectivity index (χ3v) is 3.18. The minimum atomic E-state index is -2.94. The van der Waals surface area contributed by atoms with Crippen LogP contribution in [-0.2, 0) is 10.1 Å². The molecule has 0 spiro atoms. The Balaban J connectivity index is 3.22. The van der Waals surface area contributed by atoms with Crippen LogP contribution in [0.3, 0.4) is 0 Å². The minimum absolute atomic E-state index is 0.0551. The molecule has 1 aromatic carbocycles. The Morgan fingerprint density at radius 3 is 2.59 bits per heavy atom. The van der Waals surface area contributed by atoms with E-state index in [9.17, 15) is 13.6 Å². The molecule has 0 fully saturated rings. The molecule has 0 N–H and O–H groups in total. The van der Waals surface area contributed by atoms with Crippen molar-refractivity contribution < 1.29 is 23.0 Å². The van der Waals surface area contributed by atoms with Crippen molar-refractivity contribution in [2.45, 2.75) is 11.9 Å². The molecule has 0 saturated carbocycles. The third-order valence-electron chi connectivity index (χ3n) is 1.92. The molecule has 0 heterocycles. The molecule has 1 rings (SSSR count). The van der Waals surface area contributed by atoms with Crippen LogP contribution in [0, 0.1) is 0 Å². The summed E-state index contributed by atoms with van der Waals surface area (Å²) in [5.74, 6) is -0.683. The molecular formula is C10H8Br2F2O3. The predicted octanol–water partition coefficient (Wildman–Crippen LogP) is 3.73. The molecule has 0 aliphatic carbocycles. The van der Waals surface area contributed by atoms with Crippen molar-refractivity contribution in [3.8, 4) is 5.75 Å². The SMILES string of the molecule is COC(=O)c1cc(OC(F)F)c(CBr)cc1Br. The number of methoxy groups -OCH3 is 1. The number of hydrogen-bond donors (Lipinski definition) is 0. The highest BCUT2D eigenvalue weighted by atomic mass is 79.9. The van der Waals surface area contributed by atoms with Gasteiger partial charge in [0.25, 0.3) is 0 Å². The highest BCUT2D eigenvalue weighted by Gasteiger charge is 2.17. The van der Waals surface area contributed by atoms with E-state index in [1.54, 1.807) is 0 Å². The van der Waals surface area contributed by atoms with Gasteiger partial charge in [0.2, 0.25) is 0 Å². The molecule has 0 aromatic heterocycles. The number of halogens is 4. The molecule has 0 saturated heterocycles. The van der Waals surface area contributed by atoms with Gasteiger partial charge in [-0.1, -0.05) is 15.9 Å². The summed E-state index contributed by atoms with van der Waals surface area (Å²) in [5, 5.41) is 0.328. The summed E-state index contributed by atoms with van der Waals surface area (Å²) in [6.45, 7) is -2.94. The van der Waals surface area contributed by atoms with Crippen molar-refractivity contribution >= 4 is 37.8 Å². The van der Waals surface area contributed by atoms with Crippen molar-refractivity contribution in [2.75, 3.05) is 7.11 Å². The van der Waals surface area contributed by atoms with E-state index in [-0.39, 0.29) is 11.3 Å². The average Bonchev–Trinajstić information content (AvgIpc) is 2.29. The first kappa shape index (κ1) is 14.4. The molecule has 0 atom stereocenters. The number of alkyl halides is 3. The maximum Gasteiger partial charge on any atom is 0.387 e. The van der Waals surface area contributed by atoms with E-state index < -0.39 is 12.6 Å². The Kier molecular flexibility index (Phi) is 5.32. The Morgan fingerprint density at radius 1 is 1.47 bits per heavy atom. The summed E-state index contributed by atoms with van der Waals surface area (Å²) < 4.78 is 33.7. The molecule has 0 amide bonds. The number of rotatable bonds is 4. The Hall–Kier alpha value is -0.690. The lowest BCUT2D eigenvalue weighted by molar-refractivity contribution is -0.0504. The molecule has 0 aliphatic heterocycles. The summed E-state index contributed by atoms with van der Waals surface area (Å²) in [4.78, 5) is 11.4. The summed E-state index contributed by atoms with van der Waals surface area (Å²) in [7, 11) is 1.21. The van der Waals surface area contributed by atoms with Gasteiger partial charge in [-0.25, -0.2) is 4.79 Å². The van der Waals surface area contributed by atoms with E-state index >= 15 is 0 Å². The first-order valence-electron chi connectivity index (χ1n) is 4.41. The number of carbonyl (C=O) groups excluding carboxylic acids is 1. The predicted molar refractivity (Wildman–Crippen MR) is 64.7 cm³/mol. The summed E-state index contributed by atoms with van der Waals surface area (Å²) in [6.07, 6.45) is 0. The maximum absolute atomic E-state index is 12.2. The van der Waals surface area contributed by atoms with Crippen LogP contribution in [-0.4, -0.2) is 19.7 Å². The largest absolute Gasteiger partial charge is 0.465 e. The zero-order valence-corrected chi connectivity index (χ0v) is 11.8. The lowest BCUT2D eigenvalue weighted by Gasteiger charge is -2.12. The van der Waals surface area contributed by atoms with Crippen molar-refractivity contribution in [3.63, 3.8) is 0 Å².